The van der Waals surface area contributed by atoms with Crippen LogP contribution in [0.4, 0.5) is 5.69 Å². The Morgan fingerprint density at radius 2 is 1.68 bits per heavy atom. The maximum atomic E-state index is 12.3. The van der Waals surface area contributed by atoms with Gasteiger partial charge in [0.25, 0.3) is 0 Å². The van der Waals surface area contributed by atoms with Crippen molar-refractivity contribution < 1.29 is 24.3 Å². The summed E-state index contributed by atoms with van der Waals surface area (Å²) in [5.41, 5.74) is 3.08. The van der Waals surface area contributed by atoms with Gasteiger partial charge in [-0.05, 0) is 24.3 Å². The van der Waals surface area contributed by atoms with Crippen LogP contribution in [0.25, 0.3) is 0 Å². The molecular formula is C16H16ClN3O5. The van der Waals surface area contributed by atoms with Crippen LogP contribution in [0.3, 0.4) is 0 Å². The van der Waals surface area contributed by atoms with Gasteiger partial charge in [0, 0.05) is 30.1 Å². The standard InChI is InChI=1S/C16H16ClN3O5/c17-11-1-3-12(4-2-11)19-7-9(5-13(19)21)15(23)18-20-8-10(16(24)25)6-14(20)22/h1-4,9-10H,5-8H2,(H,18,23)(H,24,25). The first-order valence-electron chi connectivity index (χ1n) is 7.74. The van der Waals surface area contributed by atoms with Crippen molar-refractivity contribution in [2.75, 3.05) is 18.0 Å². The quantitative estimate of drug-likeness (QED) is 0.815. The van der Waals surface area contributed by atoms with Crippen LogP contribution in [-0.2, 0) is 19.2 Å². The van der Waals surface area contributed by atoms with E-state index in [2.05, 4.69) is 5.43 Å². The molecule has 2 aliphatic rings. The van der Waals surface area contributed by atoms with Crippen LogP contribution >= 0.6 is 11.6 Å². The minimum atomic E-state index is -1.07. The summed E-state index contributed by atoms with van der Waals surface area (Å²) in [4.78, 5) is 48.7. The molecule has 1 aromatic rings. The molecule has 3 rings (SSSR count). The molecule has 3 amide bonds. The third-order valence-corrected chi connectivity index (χ3v) is 4.61. The molecule has 0 bridgehead atoms. The summed E-state index contributed by atoms with van der Waals surface area (Å²) in [7, 11) is 0. The van der Waals surface area contributed by atoms with E-state index in [0.29, 0.717) is 10.7 Å². The molecule has 132 valence electrons. The van der Waals surface area contributed by atoms with Crippen molar-refractivity contribution in [3.8, 4) is 0 Å². The minimum absolute atomic E-state index is 0.0266. The number of aliphatic carboxylic acids is 1. The normalized spacial score (nSPS) is 23.2. The lowest BCUT2D eigenvalue weighted by Gasteiger charge is -2.20. The molecule has 2 aliphatic heterocycles. The number of nitrogens with zero attached hydrogens (tertiary/aromatic N) is 2. The lowest BCUT2D eigenvalue weighted by Crippen LogP contribution is -2.46. The molecular weight excluding hydrogens is 350 g/mol. The summed E-state index contributed by atoms with van der Waals surface area (Å²) >= 11 is 5.83. The number of nitrogens with one attached hydrogen (secondary N) is 1. The Hall–Kier alpha value is -2.61. The number of carboxylic acid groups (broad SMARTS) is 1. The summed E-state index contributed by atoms with van der Waals surface area (Å²) in [6.07, 6.45) is -0.116. The molecule has 0 radical (unpaired) electrons. The van der Waals surface area contributed by atoms with Gasteiger partial charge < -0.3 is 10.0 Å². The molecule has 2 atom stereocenters. The molecule has 2 N–H and O–H groups in total. The molecule has 0 aromatic heterocycles. The number of amides is 3. The Morgan fingerprint density at radius 3 is 2.28 bits per heavy atom. The van der Waals surface area contributed by atoms with Crippen LogP contribution in [0, 0.1) is 11.8 Å². The first-order valence-corrected chi connectivity index (χ1v) is 8.12. The van der Waals surface area contributed by atoms with Gasteiger partial charge in [0.2, 0.25) is 17.7 Å². The average molecular weight is 366 g/mol. The predicted molar refractivity (Wildman–Crippen MR) is 87.5 cm³/mol. The number of hydrogen-bond acceptors (Lipinski definition) is 4. The van der Waals surface area contributed by atoms with E-state index in [0.717, 1.165) is 5.01 Å². The number of hydrogen-bond donors (Lipinski definition) is 2. The second-order valence-corrected chi connectivity index (χ2v) is 6.54. The second kappa shape index (κ2) is 6.72. The van der Waals surface area contributed by atoms with Crippen molar-refractivity contribution in [2.24, 2.45) is 11.8 Å². The van der Waals surface area contributed by atoms with Crippen molar-refractivity contribution in [3.63, 3.8) is 0 Å². The van der Waals surface area contributed by atoms with Crippen LogP contribution in [0.1, 0.15) is 12.8 Å². The highest BCUT2D eigenvalue weighted by Crippen LogP contribution is 2.26. The van der Waals surface area contributed by atoms with Crippen LogP contribution in [-0.4, -0.2) is 46.9 Å². The van der Waals surface area contributed by atoms with Crippen molar-refractivity contribution in [1.82, 2.24) is 10.4 Å². The Labute approximate surface area is 148 Å². The van der Waals surface area contributed by atoms with E-state index in [4.69, 9.17) is 16.7 Å². The highest BCUT2D eigenvalue weighted by Gasteiger charge is 2.39. The summed E-state index contributed by atoms with van der Waals surface area (Å²) in [6, 6.07) is 6.71. The molecule has 0 spiro atoms. The largest absolute Gasteiger partial charge is 0.481 e. The lowest BCUT2D eigenvalue weighted by molar-refractivity contribution is -0.141. The number of benzene rings is 1. The highest BCUT2D eigenvalue weighted by molar-refractivity contribution is 6.30. The molecule has 2 saturated heterocycles. The SMILES string of the molecule is O=C(O)C1CC(=O)N(NC(=O)C2CC(=O)N(c3ccc(Cl)cc3)C2)C1. The molecule has 8 nitrogen and oxygen atoms in total. The van der Waals surface area contributed by atoms with E-state index in [1.54, 1.807) is 24.3 Å². The molecule has 2 fully saturated rings. The topological polar surface area (TPSA) is 107 Å². The third kappa shape index (κ3) is 3.58. The minimum Gasteiger partial charge on any atom is -0.481 e. The number of rotatable bonds is 4. The fourth-order valence-corrected chi connectivity index (χ4v) is 3.09. The van der Waals surface area contributed by atoms with E-state index in [1.807, 2.05) is 0 Å². The number of halogens is 1. The van der Waals surface area contributed by atoms with E-state index in [1.165, 1.54) is 4.90 Å². The number of anilines is 1. The zero-order valence-electron chi connectivity index (χ0n) is 13.1. The van der Waals surface area contributed by atoms with Crippen LogP contribution in [0.5, 0.6) is 0 Å². The molecule has 25 heavy (non-hydrogen) atoms. The zero-order chi connectivity index (χ0) is 18.1. The van der Waals surface area contributed by atoms with Crippen molar-refractivity contribution in [3.05, 3.63) is 29.3 Å². The Kier molecular flexibility index (Phi) is 4.63. The van der Waals surface area contributed by atoms with Crippen LogP contribution < -0.4 is 10.3 Å². The van der Waals surface area contributed by atoms with Gasteiger partial charge >= 0.3 is 5.97 Å². The lowest BCUT2D eigenvalue weighted by atomic mass is 10.1. The van der Waals surface area contributed by atoms with Crippen LogP contribution in [0.2, 0.25) is 5.02 Å². The van der Waals surface area contributed by atoms with E-state index in [-0.39, 0.29) is 31.8 Å². The van der Waals surface area contributed by atoms with Crippen LogP contribution in [0.15, 0.2) is 24.3 Å². The smallest absolute Gasteiger partial charge is 0.308 e. The van der Waals surface area contributed by atoms with Crippen molar-refractivity contribution in [1.29, 1.82) is 0 Å². The van der Waals surface area contributed by atoms with Crippen molar-refractivity contribution in [2.45, 2.75) is 12.8 Å². The van der Waals surface area contributed by atoms with E-state index >= 15 is 0 Å². The number of carbonyl (C=O) groups is 4. The number of hydrazine groups is 1. The monoisotopic (exact) mass is 365 g/mol. The van der Waals surface area contributed by atoms with E-state index in [9.17, 15) is 19.2 Å². The fraction of sp³-hybridized carbons (Fsp3) is 0.375. The van der Waals surface area contributed by atoms with Gasteiger partial charge in [-0.2, -0.15) is 0 Å². The van der Waals surface area contributed by atoms with Gasteiger partial charge in [0.05, 0.1) is 18.4 Å². The summed E-state index contributed by atoms with van der Waals surface area (Å²) in [6.45, 7) is 0.123. The maximum Gasteiger partial charge on any atom is 0.308 e. The van der Waals surface area contributed by atoms with Gasteiger partial charge in [0.15, 0.2) is 0 Å². The van der Waals surface area contributed by atoms with Gasteiger partial charge in [-0.15, -0.1) is 0 Å². The fourth-order valence-electron chi connectivity index (χ4n) is 2.96. The Balaban J connectivity index is 1.62. The molecule has 2 heterocycles. The molecule has 1 aromatic carbocycles. The van der Waals surface area contributed by atoms with Gasteiger partial charge in [-0.1, -0.05) is 11.6 Å². The first-order chi connectivity index (χ1) is 11.8. The number of carbonyl (C=O) groups excluding carboxylic acids is 3. The maximum absolute atomic E-state index is 12.3. The number of carboxylic acids is 1. The molecule has 0 saturated carbocycles. The summed E-state index contributed by atoms with van der Waals surface area (Å²) in [5.74, 6) is -3.62. The summed E-state index contributed by atoms with van der Waals surface area (Å²) in [5, 5.41) is 10.5. The molecule has 2 unspecified atom stereocenters. The molecule has 0 aliphatic carbocycles. The summed E-state index contributed by atoms with van der Waals surface area (Å²) < 4.78 is 0. The van der Waals surface area contributed by atoms with Crippen molar-refractivity contribution >= 4 is 41.0 Å². The second-order valence-electron chi connectivity index (χ2n) is 6.10. The highest BCUT2D eigenvalue weighted by atomic mass is 35.5. The van der Waals surface area contributed by atoms with E-state index < -0.39 is 29.6 Å². The van der Waals surface area contributed by atoms with Gasteiger partial charge in [-0.25, -0.2) is 0 Å². The predicted octanol–water partition coefficient (Wildman–Crippen LogP) is 0.657. The third-order valence-electron chi connectivity index (χ3n) is 4.35. The molecule has 9 heteroatoms. The zero-order valence-corrected chi connectivity index (χ0v) is 13.9. The first kappa shape index (κ1) is 17.2. The van der Waals surface area contributed by atoms with Gasteiger partial charge in [0.1, 0.15) is 0 Å². The Bertz CT molecular complexity index is 736. The Morgan fingerprint density at radius 1 is 1.04 bits per heavy atom. The van der Waals surface area contributed by atoms with Gasteiger partial charge in [-0.3, -0.25) is 29.6 Å². The average Bonchev–Trinajstić information content (AvgIpc) is 3.12.